The number of amides is 1. The van der Waals surface area contributed by atoms with Gasteiger partial charge in [0.05, 0.1) is 12.0 Å². The molecule has 0 bridgehead atoms. The van der Waals surface area contributed by atoms with Crippen molar-refractivity contribution in [3.8, 4) is 5.75 Å². The van der Waals surface area contributed by atoms with Gasteiger partial charge in [-0.2, -0.15) is 0 Å². The van der Waals surface area contributed by atoms with Crippen molar-refractivity contribution in [1.29, 1.82) is 0 Å². The molecule has 0 aliphatic carbocycles. The Morgan fingerprint density at radius 2 is 1.49 bits per heavy atom. The van der Waals surface area contributed by atoms with Crippen LogP contribution in [0.15, 0.2) is 103 Å². The molecule has 0 radical (unpaired) electrons. The van der Waals surface area contributed by atoms with Crippen molar-refractivity contribution in [1.82, 2.24) is 0 Å². The lowest BCUT2D eigenvalue weighted by molar-refractivity contribution is -0.131. The summed E-state index contributed by atoms with van der Waals surface area (Å²) in [5.41, 5.74) is 1.78. The number of ketones is 2. The fourth-order valence-corrected chi connectivity index (χ4v) is 6.94. The quantitative estimate of drug-likeness (QED) is 0.190. The summed E-state index contributed by atoms with van der Waals surface area (Å²) in [6.45, 7) is 1.29. The van der Waals surface area contributed by atoms with Crippen LogP contribution < -0.4 is 15.0 Å². The van der Waals surface area contributed by atoms with Crippen LogP contribution >= 0.6 is 0 Å². The fourth-order valence-electron chi connectivity index (χ4n) is 6.94. The molecule has 7 nitrogen and oxygen atoms in total. The lowest BCUT2D eigenvalue weighted by Crippen LogP contribution is -2.51. The number of benzene rings is 4. The van der Waals surface area contributed by atoms with Gasteiger partial charge in [0, 0.05) is 29.4 Å². The maximum absolute atomic E-state index is 14.7. The molecule has 4 atom stereocenters. The minimum atomic E-state index is -1.47. The molecular formula is C35H25FN2O5. The predicted molar refractivity (Wildman–Crippen MR) is 159 cm³/mol. The number of nitrogens with zero attached hydrogens (tertiary/aromatic N) is 1. The SMILES string of the molecule is CC(=O)Oc1ccc(C(=O)C2C(C(=O)c3ccc(F)cc3)C3(C(=O)Nc4ccccc43)C3C=Cc4ccccc4N23)cc1. The highest BCUT2D eigenvalue weighted by molar-refractivity contribution is 6.18. The molecule has 1 fully saturated rings. The van der Waals surface area contributed by atoms with E-state index in [4.69, 9.17) is 4.74 Å². The van der Waals surface area contributed by atoms with E-state index in [9.17, 15) is 23.6 Å². The zero-order chi connectivity index (χ0) is 29.9. The number of hydrogen-bond donors (Lipinski definition) is 1. The van der Waals surface area contributed by atoms with E-state index in [2.05, 4.69) is 5.32 Å². The van der Waals surface area contributed by atoms with Gasteiger partial charge in [-0.3, -0.25) is 19.2 Å². The van der Waals surface area contributed by atoms with Gasteiger partial charge in [0.1, 0.15) is 23.0 Å². The number of Topliss-reactive ketones (excluding diaryl/α,β-unsaturated/α-hetero) is 2. The lowest BCUT2D eigenvalue weighted by atomic mass is 9.64. The number of ether oxygens (including phenoxy) is 1. The summed E-state index contributed by atoms with van der Waals surface area (Å²) in [6.07, 6.45) is 3.82. The Balaban J connectivity index is 1.48. The first-order chi connectivity index (χ1) is 20.8. The Morgan fingerprint density at radius 3 is 2.23 bits per heavy atom. The second-order valence-corrected chi connectivity index (χ2v) is 10.9. The summed E-state index contributed by atoms with van der Waals surface area (Å²) in [5, 5.41) is 2.99. The summed E-state index contributed by atoms with van der Waals surface area (Å²) in [4.78, 5) is 57.1. The molecule has 0 saturated carbocycles. The van der Waals surface area contributed by atoms with Gasteiger partial charge in [0.2, 0.25) is 5.91 Å². The Labute approximate surface area is 246 Å². The second kappa shape index (κ2) is 9.87. The number of hydrogen-bond acceptors (Lipinski definition) is 6. The molecule has 8 heteroatoms. The molecule has 1 saturated heterocycles. The Bertz CT molecular complexity index is 1850. The van der Waals surface area contributed by atoms with Crippen LogP contribution in [0.4, 0.5) is 15.8 Å². The highest BCUT2D eigenvalue weighted by Crippen LogP contribution is 2.58. The minimum Gasteiger partial charge on any atom is -0.427 e. The minimum absolute atomic E-state index is 0.197. The van der Waals surface area contributed by atoms with Gasteiger partial charge in [0.15, 0.2) is 11.6 Å². The van der Waals surface area contributed by atoms with E-state index in [0.29, 0.717) is 11.3 Å². The first-order valence-corrected chi connectivity index (χ1v) is 13.9. The van der Waals surface area contributed by atoms with Crippen molar-refractivity contribution < 1.29 is 28.3 Å². The molecule has 43 heavy (non-hydrogen) atoms. The van der Waals surface area contributed by atoms with Crippen LogP contribution in [0.2, 0.25) is 0 Å². The number of para-hydroxylation sites is 2. The van der Waals surface area contributed by atoms with Crippen LogP contribution in [-0.4, -0.2) is 35.5 Å². The summed E-state index contributed by atoms with van der Waals surface area (Å²) in [5.74, 6) is -3.10. The van der Waals surface area contributed by atoms with Crippen molar-refractivity contribution in [2.45, 2.75) is 24.4 Å². The maximum atomic E-state index is 14.7. The Hall–Kier alpha value is -5.37. The van der Waals surface area contributed by atoms with Gasteiger partial charge in [-0.05, 0) is 71.8 Å². The van der Waals surface area contributed by atoms with Gasteiger partial charge in [-0.15, -0.1) is 0 Å². The zero-order valence-electron chi connectivity index (χ0n) is 23.0. The molecule has 0 aromatic heterocycles. The van der Waals surface area contributed by atoms with Gasteiger partial charge < -0.3 is 15.0 Å². The number of nitrogens with one attached hydrogen (secondary N) is 1. The predicted octanol–water partition coefficient (Wildman–Crippen LogP) is 5.61. The summed E-state index contributed by atoms with van der Waals surface area (Å²) in [7, 11) is 0. The highest BCUT2D eigenvalue weighted by atomic mass is 19.1. The fraction of sp³-hybridized carbons (Fsp3) is 0.143. The van der Waals surface area contributed by atoms with Gasteiger partial charge >= 0.3 is 5.97 Å². The molecule has 3 heterocycles. The molecule has 3 aliphatic rings. The molecular weight excluding hydrogens is 547 g/mol. The zero-order valence-corrected chi connectivity index (χ0v) is 23.0. The van der Waals surface area contributed by atoms with Crippen molar-refractivity contribution in [2.75, 3.05) is 10.2 Å². The third-order valence-electron chi connectivity index (χ3n) is 8.62. The monoisotopic (exact) mass is 572 g/mol. The molecule has 1 N–H and O–H groups in total. The van der Waals surface area contributed by atoms with Crippen LogP contribution in [0.1, 0.15) is 38.8 Å². The van der Waals surface area contributed by atoms with Crippen LogP contribution in [0, 0.1) is 11.7 Å². The number of halogens is 1. The molecule has 7 rings (SSSR count). The van der Waals surface area contributed by atoms with Crippen LogP contribution in [0.25, 0.3) is 6.08 Å². The Kier molecular flexibility index (Phi) is 6.09. The van der Waals surface area contributed by atoms with E-state index in [-0.39, 0.29) is 28.6 Å². The molecule has 4 aromatic rings. The lowest BCUT2D eigenvalue weighted by Gasteiger charge is -2.37. The van der Waals surface area contributed by atoms with Crippen molar-refractivity contribution in [3.63, 3.8) is 0 Å². The summed E-state index contributed by atoms with van der Waals surface area (Å²) in [6, 6.07) is 24.3. The van der Waals surface area contributed by atoms with Crippen molar-refractivity contribution >= 4 is 40.9 Å². The summed E-state index contributed by atoms with van der Waals surface area (Å²) < 4.78 is 19.1. The first kappa shape index (κ1) is 26.5. The van der Waals surface area contributed by atoms with E-state index in [1.165, 1.54) is 43.3 Å². The van der Waals surface area contributed by atoms with Crippen molar-refractivity contribution in [2.24, 2.45) is 5.92 Å². The first-order valence-electron chi connectivity index (χ1n) is 13.9. The average molecular weight is 573 g/mol. The third-order valence-corrected chi connectivity index (χ3v) is 8.62. The number of carbonyl (C=O) groups is 4. The summed E-state index contributed by atoms with van der Waals surface area (Å²) >= 11 is 0. The van der Waals surface area contributed by atoms with Gasteiger partial charge in [-0.1, -0.05) is 48.6 Å². The van der Waals surface area contributed by atoms with E-state index in [1.54, 1.807) is 24.3 Å². The topological polar surface area (TPSA) is 92.8 Å². The molecule has 1 spiro atoms. The highest BCUT2D eigenvalue weighted by Gasteiger charge is 2.70. The molecule has 4 aromatic carbocycles. The second-order valence-electron chi connectivity index (χ2n) is 10.9. The van der Waals surface area contributed by atoms with E-state index in [0.717, 1.165) is 11.3 Å². The van der Waals surface area contributed by atoms with E-state index < -0.39 is 41.0 Å². The number of rotatable bonds is 5. The average Bonchev–Trinajstić information content (AvgIpc) is 3.49. The van der Waals surface area contributed by atoms with Crippen LogP contribution in [-0.2, 0) is 15.0 Å². The molecule has 1 amide bonds. The van der Waals surface area contributed by atoms with Crippen molar-refractivity contribution in [3.05, 3.63) is 131 Å². The normalized spacial score (nSPS) is 22.9. The van der Waals surface area contributed by atoms with Crippen LogP contribution in [0.3, 0.4) is 0 Å². The molecule has 212 valence electrons. The van der Waals surface area contributed by atoms with Crippen LogP contribution in [0.5, 0.6) is 5.75 Å². The number of anilines is 2. The Morgan fingerprint density at radius 1 is 0.837 bits per heavy atom. The van der Waals surface area contributed by atoms with E-state index in [1.807, 2.05) is 53.5 Å². The standard InChI is InChI=1S/C35H25FN2O5/c1-20(39)43-25-17-12-23(13-18-25)33(41)31-30(32(40)22-10-15-24(36)16-11-22)35(26-7-3-4-8-27(26)37-34(35)42)29-19-14-21-6-2-5-9-28(21)38(29)31/h2-19,29-31H,1H3,(H,37,42). The molecule has 4 unspecified atom stereocenters. The number of esters is 1. The number of carbonyl (C=O) groups excluding carboxylic acids is 4. The number of fused-ring (bicyclic) bond motifs is 6. The van der Waals surface area contributed by atoms with Gasteiger partial charge in [0.25, 0.3) is 0 Å². The molecule has 3 aliphatic heterocycles. The maximum Gasteiger partial charge on any atom is 0.308 e. The van der Waals surface area contributed by atoms with Gasteiger partial charge in [-0.25, -0.2) is 4.39 Å². The third kappa shape index (κ3) is 3.94. The largest absolute Gasteiger partial charge is 0.427 e. The van der Waals surface area contributed by atoms with E-state index >= 15 is 0 Å². The smallest absolute Gasteiger partial charge is 0.308 e.